The molecule has 0 bridgehead atoms. The Labute approximate surface area is 110 Å². The number of carbonyl (C=O) groups is 1. The van der Waals surface area contributed by atoms with E-state index in [-0.39, 0.29) is 0 Å². The molecule has 0 spiro atoms. The van der Waals surface area contributed by atoms with Gasteiger partial charge in [-0.1, -0.05) is 0 Å². The molecule has 100 valence electrons. The lowest BCUT2D eigenvalue weighted by molar-refractivity contribution is -0.146. The van der Waals surface area contributed by atoms with Crippen molar-refractivity contribution in [2.24, 2.45) is 5.41 Å². The Balaban J connectivity index is 2.02. The first-order valence-corrected chi connectivity index (χ1v) is 5.94. The zero-order chi connectivity index (χ0) is 13.9. The minimum atomic E-state index is -0.851. The van der Waals surface area contributed by atoms with Gasteiger partial charge in [-0.2, -0.15) is 0 Å². The van der Waals surface area contributed by atoms with Crippen molar-refractivity contribution in [3.05, 3.63) is 30.5 Å². The molecule has 0 aromatic carbocycles. The number of aromatic amines is 1. The summed E-state index contributed by atoms with van der Waals surface area (Å²) in [5.41, 5.74) is 0.790. The zero-order valence-electron chi connectivity index (χ0n) is 10.8. The van der Waals surface area contributed by atoms with Gasteiger partial charge in [0.1, 0.15) is 11.5 Å². The van der Waals surface area contributed by atoms with Crippen molar-refractivity contribution in [1.29, 1.82) is 0 Å². The van der Waals surface area contributed by atoms with Gasteiger partial charge in [-0.3, -0.25) is 4.79 Å². The highest BCUT2D eigenvalue weighted by Crippen LogP contribution is 2.17. The Morgan fingerprint density at radius 1 is 1.37 bits per heavy atom. The molecule has 0 amide bonds. The number of aliphatic carboxylic acids is 1. The number of carboxylic acid groups (broad SMARTS) is 1. The highest BCUT2D eigenvalue weighted by Gasteiger charge is 2.26. The second-order valence-corrected chi connectivity index (χ2v) is 4.93. The molecule has 2 aromatic heterocycles. The van der Waals surface area contributed by atoms with Crippen molar-refractivity contribution < 1.29 is 9.90 Å². The Hall–Kier alpha value is -2.37. The van der Waals surface area contributed by atoms with Gasteiger partial charge in [-0.25, -0.2) is 0 Å². The minimum absolute atomic E-state index is 0.291. The number of H-pyrrole nitrogens is 1. The van der Waals surface area contributed by atoms with E-state index in [1.807, 2.05) is 24.4 Å². The number of anilines is 1. The quantitative estimate of drug-likeness (QED) is 0.764. The third-order valence-electron chi connectivity index (χ3n) is 2.83. The number of rotatable bonds is 5. The first kappa shape index (κ1) is 13.1. The lowest BCUT2D eigenvalue weighted by Gasteiger charge is -2.19. The maximum Gasteiger partial charge on any atom is 0.310 e. The van der Waals surface area contributed by atoms with E-state index in [0.29, 0.717) is 12.4 Å². The molecule has 0 saturated carbocycles. The van der Waals surface area contributed by atoms with Gasteiger partial charge >= 0.3 is 5.97 Å². The monoisotopic (exact) mass is 260 g/mol. The molecule has 2 rings (SSSR count). The largest absolute Gasteiger partial charge is 0.481 e. The van der Waals surface area contributed by atoms with Gasteiger partial charge in [0.2, 0.25) is 0 Å². The van der Waals surface area contributed by atoms with Crippen LogP contribution in [0, 0.1) is 5.41 Å². The van der Waals surface area contributed by atoms with Crippen LogP contribution in [0.3, 0.4) is 0 Å². The average Bonchev–Trinajstić information content (AvgIpc) is 2.91. The van der Waals surface area contributed by atoms with Gasteiger partial charge in [0.05, 0.1) is 11.1 Å². The Morgan fingerprint density at radius 2 is 2.16 bits per heavy atom. The summed E-state index contributed by atoms with van der Waals surface area (Å²) in [5, 5.41) is 20.1. The summed E-state index contributed by atoms with van der Waals surface area (Å²) >= 11 is 0. The predicted molar refractivity (Wildman–Crippen MR) is 71.7 cm³/mol. The average molecular weight is 260 g/mol. The van der Waals surface area contributed by atoms with Gasteiger partial charge < -0.3 is 15.4 Å². The molecule has 6 nitrogen and oxygen atoms in total. The van der Waals surface area contributed by atoms with Crippen molar-refractivity contribution >= 4 is 11.8 Å². The second-order valence-electron chi connectivity index (χ2n) is 4.93. The first-order chi connectivity index (χ1) is 8.99. The normalized spacial score (nSPS) is 11.3. The van der Waals surface area contributed by atoms with E-state index in [4.69, 9.17) is 5.11 Å². The third-order valence-corrected chi connectivity index (χ3v) is 2.83. The number of hydrogen-bond acceptors (Lipinski definition) is 4. The van der Waals surface area contributed by atoms with E-state index in [9.17, 15) is 4.79 Å². The molecule has 0 atom stereocenters. The smallest absolute Gasteiger partial charge is 0.310 e. The molecule has 0 aliphatic carbocycles. The molecule has 2 heterocycles. The molecule has 0 radical (unpaired) electrons. The van der Waals surface area contributed by atoms with E-state index in [0.717, 1.165) is 11.4 Å². The molecule has 19 heavy (non-hydrogen) atoms. The number of carboxylic acids is 1. The standard InChI is InChI=1S/C13H16N4O2/c1-13(2,12(18)19)8-15-11-6-5-10(16-17-11)9-4-3-7-14-9/h3-7,14H,8H2,1-2H3,(H,15,17)(H,18,19). The Bertz CT molecular complexity index is 547. The highest BCUT2D eigenvalue weighted by molar-refractivity contribution is 5.74. The van der Waals surface area contributed by atoms with Crippen LogP contribution >= 0.6 is 0 Å². The Kier molecular flexibility index (Phi) is 3.50. The maximum atomic E-state index is 11.0. The fourth-order valence-electron chi connectivity index (χ4n) is 1.45. The van der Waals surface area contributed by atoms with Crippen molar-refractivity contribution in [2.75, 3.05) is 11.9 Å². The van der Waals surface area contributed by atoms with Crippen LogP contribution in [0.1, 0.15) is 13.8 Å². The summed E-state index contributed by atoms with van der Waals surface area (Å²) < 4.78 is 0. The van der Waals surface area contributed by atoms with E-state index < -0.39 is 11.4 Å². The maximum absolute atomic E-state index is 11.0. The lowest BCUT2D eigenvalue weighted by Crippen LogP contribution is -2.32. The summed E-state index contributed by atoms with van der Waals surface area (Å²) in [5.74, 6) is -0.291. The number of nitrogens with one attached hydrogen (secondary N) is 2. The summed E-state index contributed by atoms with van der Waals surface area (Å²) in [6.45, 7) is 3.60. The fraction of sp³-hybridized carbons (Fsp3) is 0.308. The van der Waals surface area contributed by atoms with E-state index in [1.165, 1.54) is 0 Å². The van der Waals surface area contributed by atoms with Crippen LogP contribution in [-0.4, -0.2) is 32.8 Å². The molecule has 0 unspecified atom stereocenters. The van der Waals surface area contributed by atoms with Crippen LogP contribution in [0.25, 0.3) is 11.4 Å². The first-order valence-electron chi connectivity index (χ1n) is 5.94. The van der Waals surface area contributed by atoms with E-state index >= 15 is 0 Å². The van der Waals surface area contributed by atoms with Gasteiger partial charge in [-0.05, 0) is 38.1 Å². The molecule has 2 aromatic rings. The van der Waals surface area contributed by atoms with Crippen molar-refractivity contribution in [3.63, 3.8) is 0 Å². The summed E-state index contributed by atoms with van der Waals surface area (Å²) in [4.78, 5) is 14.0. The number of aromatic nitrogens is 3. The van der Waals surface area contributed by atoms with Gasteiger partial charge in [0.15, 0.2) is 0 Å². The fourth-order valence-corrected chi connectivity index (χ4v) is 1.45. The topological polar surface area (TPSA) is 90.9 Å². The van der Waals surface area contributed by atoms with Crippen LogP contribution in [0.5, 0.6) is 0 Å². The predicted octanol–water partition coefficient (Wildman–Crippen LogP) is 1.99. The van der Waals surface area contributed by atoms with Gasteiger partial charge in [-0.15, -0.1) is 10.2 Å². The molecule has 3 N–H and O–H groups in total. The van der Waals surface area contributed by atoms with Crippen LogP contribution in [-0.2, 0) is 4.79 Å². The van der Waals surface area contributed by atoms with Crippen molar-refractivity contribution in [1.82, 2.24) is 15.2 Å². The molecule has 0 saturated heterocycles. The molecule has 0 aliphatic rings. The summed E-state index contributed by atoms with van der Waals surface area (Å²) in [6.07, 6.45) is 1.82. The van der Waals surface area contributed by atoms with Crippen LogP contribution in [0.15, 0.2) is 30.5 Å². The number of hydrogen-bond donors (Lipinski definition) is 3. The van der Waals surface area contributed by atoms with Crippen LogP contribution in [0.2, 0.25) is 0 Å². The lowest BCUT2D eigenvalue weighted by atomic mass is 9.94. The highest BCUT2D eigenvalue weighted by atomic mass is 16.4. The summed E-state index contributed by atoms with van der Waals surface area (Å²) in [6, 6.07) is 7.40. The SMILES string of the molecule is CC(C)(CNc1ccc(-c2ccc[nH]2)nn1)C(=O)O. The molecular weight excluding hydrogens is 244 g/mol. The van der Waals surface area contributed by atoms with E-state index in [1.54, 1.807) is 19.9 Å². The van der Waals surface area contributed by atoms with Crippen molar-refractivity contribution in [3.8, 4) is 11.4 Å². The Morgan fingerprint density at radius 3 is 2.68 bits per heavy atom. The molecule has 6 heteroatoms. The molecular formula is C13H16N4O2. The zero-order valence-corrected chi connectivity index (χ0v) is 10.8. The van der Waals surface area contributed by atoms with E-state index in [2.05, 4.69) is 20.5 Å². The van der Waals surface area contributed by atoms with Crippen LogP contribution in [0.4, 0.5) is 5.82 Å². The number of nitrogens with zero attached hydrogens (tertiary/aromatic N) is 2. The summed E-state index contributed by atoms with van der Waals surface area (Å²) in [7, 11) is 0. The third kappa shape index (κ3) is 3.09. The second kappa shape index (κ2) is 5.09. The molecule has 0 fully saturated rings. The van der Waals surface area contributed by atoms with Crippen molar-refractivity contribution in [2.45, 2.75) is 13.8 Å². The van der Waals surface area contributed by atoms with Crippen LogP contribution < -0.4 is 5.32 Å². The van der Waals surface area contributed by atoms with Gasteiger partial charge in [0, 0.05) is 12.7 Å². The molecule has 0 aliphatic heterocycles. The van der Waals surface area contributed by atoms with Gasteiger partial charge in [0.25, 0.3) is 0 Å². The minimum Gasteiger partial charge on any atom is -0.481 e.